The Labute approximate surface area is 165 Å². The summed E-state index contributed by atoms with van der Waals surface area (Å²) in [4.78, 5) is 37.1. The number of carboxylic acids is 1. The summed E-state index contributed by atoms with van der Waals surface area (Å²) in [6, 6.07) is 16.2. The molecule has 1 fully saturated rings. The second-order valence-corrected chi connectivity index (χ2v) is 6.55. The summed E-state index contributed by atoms with van der Waals surface area (Å²) in [6.45, 7) is 1.92. The van der Waals surface area contributed by atoms with Crippen LogP contribution in [0.1, 0.15) is 21.7 Å². The number of nitrogens with one attached hydrogen (secondary N) is 1. The van der Waals surface area contributed by atoms with E-state index in [0.29, 0.717) is 22.8 Å². The topological polar surface area (TPSA) is 99.8 Å². The van der Waals surface area contributed by atoms with Crippen LogP contribution in [0.2, 0.25) is 0 Å². The van der Waals surface area contributed by atoms with Crippen LogP contribution >= 0.6 is 0 Å². The normalized spacial score (nSPS) is 15.1. The van der Waals surface area contributed by atoms with Gasteiger partial charge in [0.1, 0.15) is 17.2 Å². The molecule has 144 valence electrons. The van der Waals surface area contributed by atoms with Gasteiger partial charge in [-0.15, -0.1) is 0 Å². The van der Waals surface area contributed by atoms with Crippen molar-refractivity contribution in [2.24, 2.45) is 0 Å². The van der Waals surface area contributed by atoms with Crippen LogP contribution in [0.3, 0.4) is 0 Å². The molecule has 2 N–H and O–H groups in total. The zero-order valence-electron chi connectivity index (χ0n) is 15.4. The first-order valence-electron chi connectivity index (χ1n) is 8.80. The number of carbonyl (C=O) groups excluding carboxylic acids is 2. The molecule has 0 unspecified atom stereocenters. The van der Waals surface area contributed by atoms with Gasteiger partial charge in [0.05, 0.1) is 11.3 Å². The van der Waals surface area contributed by atoms with Gasteiger partial charge in [0, 0.05) is 11.6 Å². The maximum atomic E-state index is 12.7. The van der Waals surface area contributed by atoms with Gasteiger partial charge in [-0.25, -0.2) is 14.5 Å². The molecule has 0 spiro atoms. The molecule has 0 bridgehead atoms. The minimum atomic E-state index is -1.03. The number of carboxylic acid groups (broad SMARTS) is 1. The molecule has 1 saturated heterocycles. The van der Waals surface area contributed by atoms with Crippen LogP contribution in [0.15, 0.2) is 70.8 Å². The minimum absolute atomic E-state index is 0.0933. The first-order chi connectivity index (χ1) is 13.9. The number of furan rings is 1. The molecule has 3 aromatic rings. The third-order valence-electron chi connectivity index (χ3n) is 4.48. The fourth-order valence-electron chi connectivity index (χ4n) is 3.00. The summed E-state index contributed by atoms with van der Waals surface area (Å²) in [5, 5.41) is 11.7. The second-order valence-electron chi connectivity index (χ2n) is 6.55. The first-order valence-corrected chi connectivity index (χ1v) is 8.80. The van der Waals surface area contributed by atoms with Gasteiger partial charge in [0.25, 0.3) is 5.91 Å². The van der Waals surface area contributed by atoms with Gasteiger partial charge in [-0.05, 0) is 43.3 Å². The number of amides is 3. The van der Waals surface area contributed by atoms with Crippen LogP contribution in [0.25, 0.3) is 17.4 Å². The van der Waals surface area contributed by atoms with E-state index in [1.807, 2.05) is 19.1 Å². The number of aryl methyl sites for hydroxylation is 1. The summed E-state index contributed by atoms with van der Waals surface area (Å²) in [6.07, 6.45) is 1.44. The van der Waals surface area contributed by atoms with E-state index in [1.54, 1.807) is 36.4 Å². The molecule has 1 aliphatic heterocycles. The molecule has 7 heteroatoms. The summed E-state index contributed by atoms with van der Waals surface area (Å²) in [7, 11) is 0. The maximum absolute atomic E-state index is 12.7. The molecule has 0 aliphatic carbocycles. The van der Waals surface area contributed by atoms with Gasteiger partial charge in [0.2, 0.25) is 0 Å². The van der Waals surface area contributed by atoms with Gasteiger partial charge in [-0.3, -0.25) is 4.79 Å². The number of aromatic carboxylic acids is 1. The predicted octanol–water partition coefficient (Wildman–Crippen LogP) is 4.05. The van der Waals surface area contributed by atoms with Crippen LogP contribution in [-0.2, 0) is 4.79 Å². The Morgan fingerprint density at radius 3 is 2.55 bits per heavy atom. The molecule has 0 atom stereocenters. The number of hydrogen-bond donors (Lipinski definition) is 2. The van der Waals surface area contributed by atoms with Crippen molar-refractivity contribution in [1.82, 2.24) is 5.32 Å². The van der Waals surface area contributed by atoms with Crippen molar-refractivity contribution >= 4 is 29.7 Å². The quantitative estimate of drug-likeness (QED) is 0.519. The number of anilines is 1. The monoisotopic (exact) mass is 388 g/mol. The van der Waals surface area contributed by atoms with Gasteiger partial charge >= 0.3 is 12.0 Å². The lowest BCUT2D eigenvalue weighted by molar-refractivity contribution is -0.113. The highest BCUT2D eigenvalue weighted by molar-refractivity contribution is 6.28. The van der Waals surface area contributed by atoms with E-state index in [-0.39, 0.29) is 11.3 Å². The smallest absolute Gasteiger partial charge is 0.335 e. The fraction of sp³-hybridized carbons (Fsp3) is 0.0455. The van der Waals surface area contributed by atoms with Crippen molar-refractivity contribution in [3.8, 4) is 11.3 Å². The van der Waals surface area contributed by atoms with E-state index >= 15 is 0 Å². The van der Waals surface area contributed by atoms with Crippen molar-refractivity contribution < 1.29 is 23.9 Å². The van der Waals surface area contributed by atoms with Crippen molar-refractivity contribution in [2.75, 3.05) is 4.90 Å². The molecule has 1 aromatic heterocycles. The largest absolute Gasteiger partial charge is 0.478 e. The number of rotatable bonds is 4. The zero-order chi connectivity index (χ0) is 20.5. The first kappa shape index (κ1) is 18.2. The number of carbonyl (C=O) groups is 3. The summed E-state index contributed by atoms with van der Waals surface area (Å²) in [5.41, 5.74) is 2.33. The standard InChI is InChI=1S/C22H16N2O5/c1-13-5-7-16(8-6-13)24-20(25)18(23-22(24)28)12-17-9-10-19(29-17)14-3-2-4-15(11-14)21(26)27/h2-12H,1H3,(H,23,28)(H,26,27)/b18-12+. The number of urea groups is 1. The molecule has 4 rings (SSSR count). The Kier molecular flexibility index (Phi) is 4.48. The molecule has 3 amide bonds. The molecule has 2 heterocycles. The van der Waals surface area contributed by atoms with E-state index in [2.05, 4.69) is 5.32 Å². The Hall–Kier alpha value is -4.13. The Morgan fingerprint density at radius 2 is 1.83 bits per heavy atom. The Morgan fingerprint density at radius 1 is 1.07 bits per heavy atom. The van der Waals surface area contributed by atoms with Gasteiger partial charge in [-0.2, -0.15) is 0 Å². The van der Waals surface area contributed by atoms with Gasteiger partial charge in [-0.1, -0.05) is 29.8 Å². The highest BCUT2D eigenvalue weighted by Crippen LogP contribution is 2.26. The van der Waals surface area contributed by atoms with Crippen LogP contribution in [0, 0.1) is 6.92 Å². The molecule has 0 radical (unpaired) electrons. The van der Waals surface area contributed by atoms with Crippen molar-refractivity contribution in [3.05, 3.63) is 83.2 Å². The number of nitrogens with zero attached hydrogens (tertiary/aromatic N) is 1. The molecular weight excluding hydrogens is 372 g/mol. The summed E-state index contributed by atoms with van der Waals surface area (Å²) in [5.74, 6) is -0.705. The van der Waals surface area contributed by atoms with Crippen LogP contribution in [0.5, 0.6) is 0 Å². The average molecular weight is 388 g/mol. The predicted molar refractivity (Wildman–Crippen MR) is 106 cm³/mol. The maximum Gasteiger partial charge on any atom is 0.335 e. The summed E-state index contributed by atoms with van der Waals surface area (Å²) >= 11 is 0. The third kappa shape index (κ3) is 3.53. The molecule has 0 saturated carbocycles. The Balaban J connectivity index is 1.60. The van der Waals surface area contributed by atoms with E-state index in [1.165, 1.54) is 18.2 Å². The summed E-state index contributed by atoms with van der Waals surface area (Å²) < 4.78 is 5.72. The van der Waals surface area contributed by atoms with E-state index in [0.717, 1.165) is 10.5 Å². The molecular formula is C22H16N2O5. The van der Waals surface area contributed by atoms with Gasteiger partial charge < -0.3 is 14.8 Å². The number of benzene rings is 2. The number of hydrogen-bond acceptors (Lipinski definition) is 4. The highest BCUT2D eigenvalue weighted by atomic mass is 16.4. The fourth-order valence-corrected chi connectivity index (χ4v) is 3.00. The van der Waals surface area contributed by atoms with Crippen molar-refractivity contribution in [1.29, 1.82) is 0 Å². The molecule has 7 nitrogen and oxygen atoms in total. The van der Waals surface area contributed by atoms with Gasteiger partial charge in [0.15, 0.2) is 0 Å². The third-order valence-corrected chi connectivity index (χ3v) is 4.48. The highest BCUT2D eigenvalue weighted by Gasteiger charge is 2.35. The van der Waals surface area contributed by atoms with Crippen molar-refractivity contribution in [2.45, 2.75) is 6.92 Å². The molecule has 29 heavy (non-hydrogen) atoms. The average Bonchev–Trinajstić information content (AvgIpc) is 3.28. The molecule has 2 aromatic carbocycles. The van der Waals surface area contributed by atoms with E-state index < -0.39 is 17.9 Å². The Bertz CT molecular complexity index is 1160. The lowest BCUT2D eigenvalue weighted by Gasteiger charge is -2.11. The van der Waals surface area contributed by atoms with Crippen LogP contribution in [0.4, 0.5) is 10.5 Å². The van der Waals surface area contributed by atoms with E-state index in [4.69, 9.17) is 9.52 Å². The minimum Gasteiger partial charge on any atom is -0.478 e. The molecule has 1 aliphatic rings. The SMILES string of the molecule is Cc1ccc(N2C(=O)N/C(=C/c3ccc(-c4cccc(C(=O)O)c4)o3)C2=O)cc1. The number of imide groups is 1. The zero-order valence-corrected chi connectivity index (χ0v) is 15.4. The van der Waals surface area contributed by atoms with Crippen LogP contribution in [-0.4, -0.2) is 23.0 Å². The van der Waals surface area contributed by atoms with Crippen molar-refractivity contribution in [3.63, 3.8) is 0 Å². The lowest BCUT2D eigenvalue weighted by atomic mass is 10.1. The second kappa shape index (κ2) is 7.12. The van der Waals surface area contributed by atoms with E-state index in [9.17, 15) is 14.4 Å². The van der Waals surface area contributed by atoms with Crippen LogP contribution < -0.4 is 10.2 Å². The lowest BCUT2D eigenvalue weighted by Crippen LogP contribution is -2.30.